The molecule has 1 saturated carbocycles. The number of hydrogen-bond donors (Lipinski definition) is 1. The molecule has 0 bridgehead atoms. The van der Waals surface area contributed by atoms with E-state index in [2.05, 4.69) is 49.5 Å². The summed E-state index contributed by atoms with van der Waals surface area (Å²) in [7, 11) is 0. The molecule has 1 N–H and O–H groups in total. The van der Waals surface area contributed by atoms with Gasteiger partial charge in [0.05, 0.1) is 23.3 Å². The first kappa shape index (κ1) is 25.0. The third-order valence-corrected chi connectivity index (χ3v) is 7.88. The number of pyridine rings is 1. The summed E-state index contributed by atoms with van der Waals surface area (Å²) in [5.41, 5.74) is 4.66. The average molecular weight is 545 g/mol. The van der Waals surface area contributed by atoms with Gasteiger partial charge in [0.15, 0.2) is 11.9 Å². The van der Waals surface area contributed by atoms with Gasteiger partial charge in [-0.2, -0.15) is 14.7 Å². The Morgan fingerprint density at radius 3 is 2.56 bits per heavy atom. The highest BCUT2D eigenvalue weighted by Gasteiger charge is 2.50. The summed E-state index contributed by atoms with van der Waals surface area (Å²) in [6.07, 6.45) is 8.90. The van der Waals surface area contributed by atoms with Crippen LogP contribution in [0.4, 0.5) is 0 Å². The summed E-state index contributed by atoms with van der Waals surface area (Å²) < 4.78 is 3.29. The van der Waals surface area contributed by atoms with E-state index in [-0.39, 0.29) is 5.41 Å². The summed E-state index contributed by atoms with van der Waals surface area (Å²) in [5.74, 6) is 0.323. The summed E-state index contributed by atoms with van der Waals surface area (Å²) in [5, 5.41) is 29.1. The highest BCUT2D eigenvalue weighted by molar-refractivity contribution is 5.80. The Balaban J connectivity index is 1.25. The maximum absolute atomic E-state index is 12.0. The number of carboxylic acids is 1. The highest BCUT2D eigenvalue weighted by Crippen LogP contribution is 2.53. The van der Waals surface area contributed by atoms with Crippen LogP contribution in [0.5, 0.6) is 0 Å². The molecule has 1 fully saturated rings. The molecular formula is C31H28N8O2. The Morgan fingerprint density at radius 2 is 1.78 bits per heavy atom. The van der Waals surface area contributed by atoms with Gasteiger partial charge in [0, 0.05) is 28.9 Å². The molecule has 0 amide bonds. The first-order valence-electron chi connectivity index (χ1n) is 13.5. The molecule has 4 heterocycles. The van der Waals surface area contributed by atoms with Crippen molar-refractivity contribution in [2.24, 2.45) is 5.41 Å². The van der Waals surface area contributed by atoms with Crippen molar-refractivity contribution in [2.45, 2.75) is 45.1 Å². The summed E-state index contributed by atoms with van der Waals surface area (Å²) >= 11 is 0. The third kappa shape index (κ3) is 4.23. The number of aromatic nitrogens is 8. The highest BCUT2D eigenvalue weighted by atomic mass is 16.4. The van der Waals surface area contributed by atoms with Crippen molar-refractivity contribution in [3.63, 3.8) is 0 Å². The summed E-state index contributed by atoms with van der Waals surface area (Å²) in [6, 6.07) is 17.5. The predicted octanol–water partition coefficient (Wildman–Crippen LogP) is 5.35. The van der Waals surface area contributed by atoms with E-state index in [1.807, 2.05) is 51.1 Å². The van der Waals surface area contributed by atoms with Crippen LogP contribution in [0.15, 0.2) is 79.4 Å². The molecule has 6 aromatic rings. The van der Waals surface area contributed by atoms with E-state index in [1.165, 1.54) is 10.2 Å². The lowest BCUT2D eigenvalue weighted by Gasteiger charge is -2.27. The molecule has 1 atom stereocenters. The van der Waals surface area contributed by atoms with Crippen LogP contribution in [0.3, 0.4) is 0 Å². The number of nitrogens with zero attached hydrogens (tertiary/aromatic N) is 8. The van der Waals surface area contributed by atoms with Crippen LogP contribution in [0.1, 0.15) is 51.0 Å². The molecule has 0 aliphatic heterocycles. The zero-order valence-corrected chi connectivity index (χ0v) is 22.9. The molecule has 0 spiro atoms. The van der Waals surface area contributed by atoms with Gasteiger partial charge < -0.3 is 5.11 Å². The summed E-state index contributed by atoms with van der Waals surface area (Å²) in [4.78, 5) is 21.0. The van der Waals surface area contributed by atoms with Crippen LogP contribution in [0, 0.1) is 5.41 Å². The van der Waals surface area contributed by atoms with E-state index in [4.69, 9.17) is 5.10 Å². The van der Waals surface area contributed by atoms with E-state index in [0.29, 0.717) is 11.5 Å². The average Bonchev–Trinajstić information content (AvgIpc) is 3.42. The molecule has 10 heteroatoms. The van der Waals surface area contributed by atoms with E-state index in [0.717, 1.165) is 46.3 Å². The Bertz CT molecular complexity index is 1950. The Morgan fingerprint density at radius 1 is 0.951 bits per heavy atom. The molecule has 2 aromatic carbocycles. The zero-order chi connectivity index (χ0) is 28.4. The second-order valence-electron chi connectivity index (χ2n) is 11.8. The SMILES string of the molecule is CC(C)(C)C(C(=O)O)n1cc(-c2cccc(-c3cnc4nnc(C5(c6ccc7ncccc7c6)CC5)n4n3)c2)cn1. The molecule has 0 radical (unpaired) electrons. The minimum absolute atomic E-state index is 0.263. The number of aliphatic carboxylic acids is 1. The molecule has 0 saturated heterocycles. The minimum atomic E-state index is -0.914. The van der Waals surface area contributed by atoms with E-state index < -0.39 is 17.4 Å². The van der Waals surface area contributed by atoms with Gasteiger partial charge in [-0.3, -0.25) is 9.67 Å². The fourth-order valence-corrected chi connectivity index (χ4v) is 5.63. The lowest BCUT2D eigenvalue weighted by atomic mass is 9.87. The molecule has 204 valence electrons. The van der Waals surface area contributed by atoms with Crippen molar-refractivity contribution >= 4 is 22.6 Å². The third-order valence-electron chi connectivity index (χ3n) is 7.88. The normalized spacial score (nSPS) is 15.3. The Hall–Kier alpha value is -4.99. The second kappa shape index (κ2) is 9.02. The van der Waals surface area contributed by atoms with Crippen LogP contribution in [-0.4, -0.2) is 50.6 Å². The second-order valence-corrected chi connectivity index (χ2v) is 11.8. The van der Waals surface area contributed by atoms with Gasteiger partial charge in [0.25, 0.3) is 5.78 Å². The smallest absolute Gasteiger partial charge is 0.329 e. The van der Waals surface area contributed by atoms with E-state index in [9.17, 15) is 9.90 Å². The Labute approximate surface area is 235 Å². The molecular weight excluding hydrogens is 516 g/mol. The molecule has 41 heavy (non-hydrogen) atoms. The van der Waals surface area contributed by atoms with Crippen LogP contribution in [0.25, 0.3) is 39.1 Å². The maximum atomic E-state index is 12.0. The van der Waals surface area contributed by atoms with E-state index in [1.54, 1.807) is 29.3 Å². The molecule has 1 aliphatic carbocycles. The predicted molar refractivity (Wildman–Crippen MR) is 153 cm³/mol. The van der Waals surface area contributed by atoms with Crippen LogP contribution in [0.2, 0.25) is 0 Å². The van der Waals surface area contributed by atoms with Gasteiger partial charge >= 0.3 is 5.97 Å². The van der Waals surface area contributed by atoms with Crippen LogP contribution in [-0.2, 0) is 10.2 Å². The minimum Gasteiger partial charge on any atom is -0.480 e. The van der Waals surface area contributed by atoms with Gasteiger partial charge in [0.1, 0.15) is 5.69 Å². The van der Waals surface area contributed by atoms with Gasteiger partial charge in [-0.05, 0) is 53.6 Å². The zero-order valence-electron chi connectivity index (χ0n) is 22.9. The summed E-state index contributed by atoms with van der Waals surface area (Å²) in [6.45, 7) is 5.68. The van der Waals surface area contributed by atoms with E-state index >= 15 is 0 Å². The number of carbonyl (C=O) groups is 1. The largest absolute Gasteiger partial charge is 0.480 e. The number of rotatable bonds is 6. The molecule has 4 aromatic heterocycles. The quantitative estimate of drug-likeness (QED) is 0.298. The van der Waals surface area contributed by atoms with Crippen molar-refractivity contribution < 1.29 is 9.90 Å². The maximum Gasteiger partial charge on any atom is 0.329 e. The van der Waals surface area contributed by atoms with Crippen molar-refractivity contribution in [2.75, 3.05) is 0 Å². The monoisotopic (exact) mass is 544 g/mol. The number of benzene rings is 2. The van der Waals surface area contributed by atoms with Crippen molar-refractivity contribution in [1.82, 2.24) is 39.6 Å². The van der Waals surface area contributed by atoms with Crippen molar-refractivity contribution in [1.29, 1.82) is 0 Å². The van der Waals surface area contributed by atoms with Crippen molar-refractivity contribution in [3.05, 3.63) is 90.8 Å². The van der Waals surface area contributed by atoms with Crippen LogP contribution < -0.4 is 0 Å². The fraction of sp³-hybridized carbons (Fsp3) is 0.258. The van der Waals surface area contributed by atoms with Gasteiger partial charge in [-0.15, -0.1) is 10.2 Å². The van der Waals surface area contributed by atoms with Gasteiger partial charge in [-0.25, -0.2) is 9.78 Å². The topological polar surface area (TPSA) is 124 Å². The number of hydrogen-bond acceptors (Lipinski definition) is 7. The number of fused-ring (bicyclic) bond motifs is 2. The van der Waals surface area contributed by atoms with Gasteiger partial charge in [0.2, 0.25) is 0 Å². The number of carboxylic acid groups (broad SMARTS) is 1. The van der Waals surface area contributed by atoms with Gasteiger partial charge in [-0.1, -0.05) is 51.1 Å². The van der Waals surface area contributed by atoms with Crippen molar-refractivity contribution in [3.8, 4) is 22.4 Å². The lowest BCUT2D eigenvalue weighted by Crippen LogP contribution is -2.31. The lowest BCUT2D eigenvalue weighted by molar-refractivity contribution is -0.144. The first-order chi connectivity index (χ1) is 19.7. The molecule has 7 rings (SSSR count). The Kier molecular flexibility index (Phi) is 5.50. The molecule has 1 unspecified atom stereocenters. The molecule has 10 nitrogen and oxygen atoms in total. The fourth-order valence-electron chi connectivity index (χ4n) is 5.63. The molecule has 1 aliphatic rings. The van der Waals surface area contributed by atoms with Crippen LogP contribution >= 0.6 is 0 Å². The first-order valence-corrected chi connectivity index (χ1v) is 13.5. The standard InChI is InChI=1S/C31H28N8O2/c1-30(2,3)26(27(40)41)38-18-22(16-34-38)19-6-4-7-20(14-19)25-17-33-29-36-35-28(39(29)37-25)31(11-12-31)23-9-10-24-21(15-23)8-5-13-32-24/h4-10,13-18,26H,11-12H2,1-3H3,(H,40,41).